The molecule has 0 fully saturated rings. The number of hydrazone groups is 1. The molecular weight excluding hydrogens is 454 g/mol. The van der Waals surface area contributed by atoms with Crippen molar-refractivity contribution in [3.8, 4) is 11.5 Å². The average Bonchev–Trinajstić information content (AvgIpc) is 2.85. The van der Waals surface area contributed by atoms with Gasteiger partial charge in [-0.2, -0.15) is 5.10 Å². The van der Waals surface area contributed by atoms with Crippen LogP contribution >= 0.6 is 11.8 Å². The molecule has 1 N–H and O–H groups in total. The highest BCUT2D eigenvalue weighted by Crippen LogP contribution is 2.29. The highest BCUT2D eigenvalue weighted by Gasteiger charge is 2.08. The van der Waals surface area contributed by atoms with E-state index < -0.39 is 4.92 Å². The molecule has 0 unspecified atom stereocenters. The molecule has 1 amide bonds. The lowest BCUT2D eigenvalue weighted by atomic mass is 10.2. The second-order valence-electron chi connectivity index (χ2n) is 7.12. The number of carbonyl (C=O) groups excluding carboxylic acids is 1. The topological polar surface area (TPSA) is 103 Å². The quantitative estimate of drug-likeness (QED) is 0.224. The van der Waals surface area contributed by atoms with E-state index in [1.54, 1.807) is 18.3 Å². The third-order valence-electron chi connectivity index (χ3n) is 4.56. The van der Waals surface area contributed by atoms with E-state index in [0.29, 0.717) is 30.5 Å². The summed E-state index contributed by atoms with van der Waals surface area (Å²) in [5.41, 5.74) is 5.27. The lowest BCUT2D eigenvalue weighted by molar-refractivity contribution is -0.384. The normalized spacial score (nSPS) is 10.7. The first-order valence-electron chi connectivity index (χ1n) is 10.6. The fourth-order valence-electron chi connectivity index (χ4n) is 2.91. The van der Waals surface area contributed by atoms with Crippen molar-refractivity contribution in [2.75, 3.05) is 12.4 Å². The van der Waals surface area contributed by atoms with Gasteiger partial charge in [-0.15, -0.1) is 11.8 Å². The lowest BCUT2D eigenvalue weighted by Gasteiger charge is -2.12. The van der Waals surface area contributed by atoms with Crippen LogP contribution in [0.5, 0.6) is 11.5 Å². The third kappa shape index (κ3) is 7.93. The molecule has 0 atom stereocenters. The van der Waals surface area contributed by atoms with Gasteiger partial charge in [-0.05, 0) is 41.8 Å². The summed E-state index contributed by atoms with van der Waals surface area (Å²) < 4.78 is 11.6. The zero-order valence-corrected chi connectivity index (χ0v) is 19.5. The van der Waals surface area contributed by atoms with Gasteiger partial charge >= 0.3 is 0 Å². The van der Waals surface area contributed by atoms with Gasteiger partial charge in [-0.3, -0.25) is 14.9 Å². The third-order valence-corrected chi connectivity index (χ3v) is 5.56. The molecule has 0 radical (unpaired) electrons. The summed E-state index contributed by atoms with van der Waals surface area (Å²) in [6, 6.07) is 21.6. The first-order chi connectivity index (χ1) is 16.5. The van der Waals surface area contributed by atoms with Gasteiger partial charge in [0.05, 0.1) is 23.5 Å². The van der Waals surface area contributed by atoms with Crippen LogP contribution in [0.15, 0.2) is 77.9 Å². The molecule has 0 saturated carbocycles. The van der Waals surface area contributed by atoms with Crippen LogP contribution in [-0.2, 0) is 17.2 Å². The van der Waals surface area contributed by atoms with Crippen molar-refractivity contribution in [1.82, 2.24) is 5.43 Å². The molecule has 0 aliphatic heterocycles. The number of ether oxygens (including phenoxy) is 2. The molecule has 0 aliphatic carbocycles. The zero-order chi connectivity index (χ0) is 24.2. The molecule has 176 valence electrons. The smallest absolute Gasteiger partial charge is 0.269 e. The average molecular weight is 480 g/mol. The van der Waals surface area contributed by atoms with Gasteiger partial charge in [-0.1, -0.05) is 42.5 Å². The van der Waals surface area contributed by atoms with Crippen molar-refractivity contribution in [1.29, 1.82) is 0 Å². The summed E-state index contributed by atoms with van der Waals surface area (Å²) >= 11 is 1.40. The Morgan fingerprint density at radius 2 is 1.79 bits per heavy atom. The number of nitrogens with one attached hydrogen (secondary N) is 1. The Hall–Kier alpha value is -3.85. The number of hydrogen-bond acceptors (Lipinski definition) is 7. The molecule has 3 aromatic carbocycles. The van der Waals surface area contributed by atoms with Crippen molar-refractivity contribution < 1.29 is 19.2 Å². The van der Waals surface area contributed by atoms with E-state index in [1.165, 1.54) is 23.9 Å². The SMILES string of the molecule is CCOc1cc(/C=N\NC(=O)CSCc2ccc([N+](=O)[O-])cc2)ccc1OCc1ccccc1. The van der Waals surface area contributed by atoms with Crippen molar-refractivity contribution in [2.45, 2.75) is 19.3 Å². The molecule has 0 saturated heterocycles. The second-order valence-corrected chi connectivity index (χ2v) is 8.11. The van der Waals surface area contributed by atoms with Gasteiger partial charge in [0.2, 0.25) is 5.91 Å². The van der Waals surface area contributed by atoms with Crippen LogP contribution in [0.2, 0.25) is 0 Å². The highest BCUT2D eigenvalue weighted by molar-refractivity contribution is 7.99. The van der Waals surface area contributed by atoms with Gasteiger partial charge in [0.1, 0.15) is 6.61 Å². The molecule has 0 bridgehead atoms. The van der Waals surface area contributed by atoms with E-state index >= 15 is 0 Å². The number of thioether (sulfide) groups is 1. The molecule has 3 aromatic rings. The van der Waals surface area contributed by atoms with E-state index in [-0.39, 0.29) is 17.3 Å². The van der Waals surface area contributed by atoms with Gasteiger partial charge in [-0.25, -0.2) is 5.43 Å². The Morgan fingerprint density at radius 1 is 1.03 bits per heavy atom. The standard InChI is InChI=1S/C25H25N3O5S/c1-2-32-24-14-21(10-13-23(24)33-16-19-6-4-3-5-7-19)15-26-27-25(29)18-34-17-20-8-11-22(12-9-20)28(30)31/h3-15H,2,16-18H2,1H3,(H,27,29)/b26-15-. The predicted octanol–water partition coefficient (Wildman–Crippen LogP) is 4.96. The maximum atomic E-state index is 12.0. The minimum absolute atomic E-state index is 0.0455. The van der Waals surface area contributed by atoms with Gasteiger partial charge in [0.25, 0.3) is 5.69 Å². The maximum absolute atomic E-state index is 12.0. The van der Waals surface area contributed by atoms with E-state index in [9.17, 15) is 14.9 Å². The van der Waals surface area contributed by atoms with Crippen molar-refractivity contribution in [3.63, 3.8) is 0 Å². The number of carbonyl (C=O) groups is 1. The first-order valence-corrected chi connectivity index (χ1v) is 11.8. The van der Waals surface area contributed by atoms with Gasteiger partial charge < -0.3 is 9.47 Å². The number of nitro benzene ring substituents is 1. The molecule has 0 aromatic heterocycles. The Labute approximate surface area is 202 Å². The van der Waals surface area contributed by atoms with Crippen molar-refractivity contribution >= 4 is 29.6 Å². The van der Waals surface area contributed by atoms with Crippen LogP contribution in [0.3, 0.4) is 0 Å². The Kier molecular flexibility index (Phi) is 9.48. The molecule has 0 heterocycles. The Balaban J connectivity index is 1.47. The maximum Gasteiger partial charge on any atom is 0.269 e. The van der Waals surface area contributed by atoms with E-state index in [4.69, 9.17) is 9.47 Å². The minimum atomic E-state index is -0.439. The summed E-state index contributed by atoms with van der Waals surface area (Å²) in [5.74, 6) is 1.78. The number of non-ortho nitro benzene ring substituents is 1. The fourth-order valence-corrected chi connectivity index (χ4v) is 3.69. The van der Waals surface area contributed by atoms with Crippen molar-refractivity contribution in [3.05, 3.63) is 99.6 Å². The Morgan fingerprint density at radius 3 is 2.50 bits per heavy atom. The summed E-state index contributed by atoms with van der Waals surface area (Å²) in [7, 11) is 0. The van der Waals surface area contributed by atoms with Gasteiger partial charge in [0.15, 0.2) is 11.5 Å². The first kappa shape index (κ1) is 24.8. The van der Waals surface area contributed by atoms with Crippen LogP contribution in [-0.4, -0.2) is 29.4 Å². The largest absolute Gasteiger partial charge is 0.490 e. The number of nitro groups is 1. The Bertz CT molecular complexity index is 1120. The summed E-state index contributed by atoms with van der Waals surface area (Å²) in [5, 5.41) is 14.7. The number of hydrogen-bond donors (Lipinski definition) is 1. The van der Waals surface area contributed by atoms with Crippen LogP contribution in [0.25, 0.3) is 0 Å². The molecule has 34 heavy (non-hydrogen) atoms. The molecule has 3 rings (SSSR count). The van der Waals surface area contributed by atoms with Crippen LogP contribution in [0.4, 0.5) is 5.69 Å². The summed E-state index contributed by atoms with van der Waals surface area (Å²) in [6.07, 6.45) is 1.54. The second kappa shape index (κ2) is 13.0. The van der Waals surface area contributed by atoms with E-state index in [2.05, 4.69) is 10.5 Å². The van der Waals surface area contributed by atoms with E-state index in [1.807, 2.05) is 55.5 Å². The molecular formula is C25H25N3O5S. The summed E-state index contributed by atoms with van der Waals surface area (Å²) in [4.78, 5) is 22.3. The monoisotopic (exact) mass is 479 g/mol. The fraction of sp³-hybridized carbons (Fsp3) is 0.200. The van der Waals surface area contributed by atoms with Crippen LogP contribution in [0.1, 0.15) is 23.6 Å². The molecule has 9 heteroatoms. The number of nitrogens with zero attached hydrogens (tertiary/aromatic N) is 2. The highest BCUT2D eigenvalue weighted by atomic mass is 32.2. The molecule has 0 spiro atoms. The lowest BCUT2D eigenvalue weighted by Crippen LogP contribution is -2.19. The number of amides is 1. The zero-order valence-electron chi connectivity index (χ0n) is 18.7. The van der Waals surface area contributed by atoms with Crippen LogP contribution in [0, 0.1) is 10.1 Å². The van der Waals surface area contributed by atoms with Crippen LogP contribution < -0.4 is 14.9 Å². The van der Waals surface area contributed by atoms with Gasteiger partial charge in [0, 0.05) is 17.9 Å². The summed E-state index contributed by atoms with van der Waals surface area (Å²) in [6.45, 7) is 2.82. The van der Waals surface area contributed by atoms with E-state index in [0.717, 1.165) is 16.7 Å². The minimum Gasteiger partial charge on any atom is -0.490 e. The molecule has 0 aliphatic rings. The predicted molar refractivity (Wildman–Crippen MR) is 133 cm³/mol. The number of rotatable bonds is 12. The number of benzene rings is 3. The molecule has 8 nitrogen and oxygen atoms in total. The van der Waals surface area contributed by atoms with Crippen molar-refractivity contribution in [2.24, 2.45) is 5.10 Å².